The van der Waals surface area contributed by atoms with Gasteiger partial charge in [0.15, 0.2) is 0 Å². The van der Waals surface area contributed by atoms with Crippen molar-refractivity contribution in [2.24, 2.45) is 5.10 Å². The van der Waals surface area contributed by atoms with E-state index < -0.39 is 0 Å². The maximum atomic E-state index is 12.0. The van der Waals surface area contributed by atoms with Crippen LogP contribution in [0.25, 0.3) is 0 Å². The van der Waals surface area contributed by atoms with Crippen LogP contribution in [0.4, 0.5) is 0 Å². The van der Waals surface area contributed by atoms with E-state index in [1.54, 1.807) is 30.5 Å². The Morgan fingerprint density at radius 1 is 1.17 bits per heavy atom. The van der Waals surface area contributed by atoms with Gasteiger partial charge in [-0.15, -0.1) is 0 Å². The van der Waals surface area contributed by atoms with Crippen LogP contribution in [0.1, 0.15) is 21.5 Å². The van der Waals surface area contributed by atoms with E-state index in [9.17, 15) is 4.79 Å². The highest BCUT2D eigenvalue weighted by atomic mass is 79.9. The van der Waals surface area contributed by atoms with E-state index in [0.717, 1.165) is 20.1 Å². The minimum Gasteiger partial charge on any atom is -0.486 e. The Balaban J connectivity index is 1.66. The number of carbonyl (C=O) groups excluding carboxylic acids is 1. The number of rotatable bonds is 6. The van der Waals surface area contributed by atoms with Crippen LogP contribution in [-0.4, -0.2) is 17.1 Å². The van der Waals surface area contributed by atoms with Crippen molar-refractivity contribution in [2.75, 3.05) is 0 Å². The molecule has 2 aromatic carbocycles. The van der Waals surface area contributed by atoms with E-state index in [4.69, 9.17) is 27.9 Å². The first-order chi connectivity index (χ1) is 13.9. The Bertz CT molecular complexity index is 1040. The molecule has 29 heavy (non-hydrogen) atoms. The number of hydrogen-bond acceptors (Lipinski definition) is 4. The number of nitrogens with one attached hydrogen (secondary N) is 1. The maximum Gasteiger partial charge on any atom is 0.272 e. The normalized spacial score (nSPS) is 10.9. The van der Waals surface area contributed by atoms with Gasteiger partial charge in [0, 0.05) is 28.0 Å². The Hall–Kier alpha value is -1.93. The van der Waals surface area contributed by atoms with Gasteiger partial charge < -0.3 is 4.74 Å². The van der Waals surface area contributed by atoms with Crippen molar-refractivity contribution in [2.45, 2.75) is 6.61 Å². The maximum absolute atomic E-state index is 12.0. The average Bonchev–Trinajstić information content (AvgIpc) is 2.69. The number of nitrogens with zero attached hydrogens (tertiary/aromatic N) is 2. The Labute approximate surface area is 194 Å². The quantitative estimate of drug-likeness (QED) is 0.287. The monoisotopic (exact) mass is 555 g/mol. The van der Waals surface area contributed by atoms with Gasteiger partial charge >= 0.3 is 0 Å². The number of halogens is 4. The first-order valence-electron chi connectivity index (χ1n) is 8.23. The van der Waals surface area contributed by atoms with Crippen molar-refractivity contribution < 1.29 is 9.53 Å². The van der Waals surface area contributed by atoms with Crippen LogP contribution in [0, 0.1) is 0 Å². The summed E-state index contributed by atoms with van der Waals surface area (Å²) in [5.74, 6) is 0.278. The minimum atomic E-state index is -0.340. The number of amides is 1. The summed E-state index contributed by atoms with van der Waals surface area (Å²) in [6.07, 6.45) is 4.60. The van der Waals surface area contributed by atoms with E-state index in [1.165, 1.54) is 12.4 Å². The van der Waals surface area contributed by atoms with Crippen LogP contribution in [0.3, 0.4) is 0 Å². The highest BCUT2D eigenvalue weighted by molar-refractivity contribution is 9.11. The molecule has 0 bridgehead atoms. The highest BCUT2D eigenvalue weighted by Crippen LogP contribution is 2.35. The van der Waals surface area contributed by atoms with Crippen LogP contribution in [-0.2, 0) is 6.61 Å². The predicted molar refractivity (Wildman–Crippen MR) is 122 cm³/mol. The number of carbonyl (C=O) groups is 1. The van der Waals surface area contributed by atoms with Crippen LogP contribution >= 0.6 is 55.1 Å². The van der Waals surface area contributed by atoms with Crippen LogP contribution in [0.2, 0.25) is 10.0 Å². The third kappa shape index (κ3) is 6.02. The number of ether oxygens (including phenoxy) is 1. The molecule has 3 rings (SSSR count). The van der Waals surface area contributed by atoms with Gasteiger partial charge in [-0.2, -0.15) is 5.10 Å². The Morgan fingerprint density at radius 3 is 2.59 bits per heavy atom. The lowest BCUT2D eigenvalue weighted by Gasteiger charge is -2.12. The van der Waals surface area contributed by atoms with E-state index in [1.807, 2.05) is 18.2 Å². The molecule has 5 nitrogen and oxygen atoms in total. The fraction of sp³-hybridized carbons (Fsp3) is 0.0500. The number of benzene rings is 2. The predicted octanol–water partition coefficient (Wildman–Crippen LogP) is 6.26. The number of hydrogen-bond donors (Lipinski definition) is 1. The average molecular weight is 558 g/mol. The molecule has 0 spiro atoms. The van der Waals surface area contributed by atoms with Crippen molar-refractivity contribution in [3.8, 4) is 5.75 Å². The Morgan fingerprint density at radius 2 is 1.93 bits per heavy atom. The smallest absolute Gasteiger partial charge is 0.272 e. The molecule has 0 unspecified atom stereocenters. The standard InChI is InChI=1S/C20H13Br2Cl2N3O2/c21-16-6-12(9-26-27-20(28)13-2-1-5-25-10-13)7-17(22)19(16)29-11-14-3-4-15(23)8-18(14)24/h1-10H,11H2,(H,27,28)/b26-9+. The molecule has 148 valence electrons. The van der Waals surface area contributed by atoms with Gasteiger partial charge in [-0.05, 0) is 73.8 Å². The summed E-state index contributed by atoms with van der Waals surface area (Å²) in [5.41, 5.74) is 4.46. The molecule has 0 saturated heterocycles. The van der Waals surface area contributed by atoms with E-state index >= 15 is 0 Å². The first kappa shape index (κ1) is 21.8. The fourth-order valence-corrected chi connectivity index (χ4v) is 4.22. The highest BCUT2D eigenvalue weighted by Gasteiger charge is 2.11. The lowest BCUT2D eigenvalue weighted by atomic mass is 10.2. The molecular formula is C20H13Br2Cl2N3O2. The van der Waals surface area contributed by atoms with Crippen molar-refractivity contribution in [1.29, 1.82) is 0 Å². The van der Waals surface area contributed by atoms with Crippen molar-refractivity contribution >= 4 is 67.2 Å². The third-order valence-electron chi connectivity index (χ3n) is 3.71. The summed E-state index contributed by atoms with van der Waals surface area (Å²) in [7, 11) is 0. The molecular weight excluding hydrogens is 545 g/mol. The molecule has 1 heterocycles. The number of aromatic nitrogens is 1. The summed E-state index contributed by atoms with van der Waals surface area (Å²) < 4.78 is 7.33. The summed E-state index contributed by atoms with van der Waals surface area (Å²) in [4.78, 5) is 15.9. The molecule has 0 aliphatic heterocycles. The van der Waals surface area contributed by atoms with Crippen LogP contribution in [0.5, 0.6) is 5.75 Å². The molecule has 0 fully saturated rings. The van der Waals surface area contributed by atoms with Crippen molar-refractivity contribution in [3.05, 3.63) is 90.5 Å². The molecule has 0 radical (unpaired) electrons. The largest absolute Gasteiger partial charge is 0.486 e. The van der Waals surface area contributed by atoms with Gasteiger partial charge in [-0.3, -0.25) is 9.78 Å². The lowest BCUT2D eigenvalue weighted by molar-refractivity contribution is 0.0955. The first-order valence-corrected chi connectivity index (χ1v) is 10.6. The molecule has 1 amide bonds. The molecule has 1 N–H and O–H groups in total. The second-order valence-electron chi connectivity index (χ2n) is 5.78. The van der Waals surface area contributed by atoms with Crippen molar-refractivity contribution in [3.63, 3.8) is 0 Å². The van der Waals surface area contributed by atoms with Crippen LogP contribution < -0.4 is 10.2 Å². The van der Waals surface area contributed by atoms with E-state index in [2.05, 4.69) is 47.4 Å². The number of pyridine rings is 1. The fourth-order valence-electron chi connectivity index (χ4n) is 2.31. The second-order valence-corrected chi connectivity index (χ2v) is 8.33. The van der Waals surface area contributed by atoms with E-state index in [-0.39, 0.29) is 12.5 Å². The molecule has 3 aromatic rings. The van der Waals surface area contributed by atoms with Crippen molar-refractivity contribution in [1.82, 2.24) is 10.4 Å². The van der Waals surface area contributed by atoms with Gasteiger partial charge in [-0.1, -0.05) is 29.3 Å². The molecule has 1 aromatic heterocycles. The van der Waals surface area contributed by atoms with Gasteiger partial charge in [0.05, 0.1) is 20.7 Å². The minimum absolute atomic E-state index is 0.280. The molecule has 0 atom stereocenters. The topological polar surface area (TPSA) is 63.6 Å². The number of hydrazone groups is 1. The summed E-state index contributed by atoms with van der Waals surface area (Å²) in [6, 6.07) is 12.2. The zero-order valence-electron chi connectivity index (χ0n) is 14.7. The summed E-state index contributed by atoms with van der Waals surface area (Å²) in [6.45, 7) is 0.280. The molecule has 9 heteroatoms. The van der Waals surface area contributed by atoms with E-state index in [0.29, 0.717) is 21.4 Å². The summed E-state index contributed by atoms with van der Waals surface area (Å²) >= 11 is 19.1. The second kappa shape index (κ2) is 10.2. The van der Waals surface area contributed by atoms with Gasteiger partial charge in [0.25, 0.3) is 5.91 Å². The summed E-state index contributed by atoms with van der Waals surface area (Å²) in [5, 5.41) is 5.09. The van der Waals surface area contributed by atoms with Crippen LogP contribution in [0.15, 0.2) is 68.9 Å². The third-order valence-corrected chi connectivity index (χ3v) is 5.48. The van der Waals surface area contributed by atoms with Gasteiger partial charge in [-0.25, -0.2) is 5.43 Å². The van der Waals surface area contributed by atoms with Gasteiger partial charge in [0.2, 0.25) is 0 Å². The lowest BCUT2D eigenvalue weighted by Crippen LogP contribution is -2.17. The zero-order chi connectivity index (χ0) is 20.8. The SMILES string of the molecule is O=C(N/N=C/c1cc(Br)c(OCc2ccc(Cl)cc2Cl)c(Br)c1)c1cccnc1. The molecule has 0 aliphatic rings. The molecule has 0 saturated carbocycles. The Kier molecular flexibility index (Phi) is 7.66. The molecule has 0 aliphatic carbocycles. The van der Waals surface area contributed by atoms with Gasteiger partial charge in [0.1, 0.15) is 12.4 Å². The zero-order valence-corrected chi connectivity index (χ0v) is 19.4.